The van der Waals surface area contributed by atoms with Crippen LogP contribution in [0.1, 0.15) is 32.3 Å². The average Bonchev–Trinajstić information content (AvgIpc) is 2.36. The highest BCUT2D eigenvalue weighted by Gasteiger charge is 2.16. The van der Waals surface area contributed by atoms with E-state index in [9.17, 15) is 13.2 Å². The highest BCUT2D eigenvalue weighted by molar-refractivity contribution is 7.91. The Hall–Kier alpha value is -1.36. The van der Waals surface area contributed by atoms with Crippen LogP contribution < -0.4 is 5.32 Å². The quantitative estimate of drug-likeness (QED) is 0.840. The zero-order chi connectivity index (χ0) is 15.2. The third-order valence-corrected chi connectivity index (χ3v) is 4.75. The number of hydrogen-bond acceptors (Lipinski definition) is 3. The molecule has 0 aliphatic carbocycles. The first-order valence-corrected chi connectivity index (χ1v) is 8.52. The van der Waals surface area contributed by atoms with Gasteiger partial charge >= 0.3 is 0 Å². The highest BCUT2D eigenvalue weighted by Crippen LogP contribution is 2.13. The van der Waals surface area contributed by atoms with E-state index in [1.54, 1.807) is 24.3 Å². The molecule has 0 spiro atoms. The maximum Gasteiger partial charge on any atom is 0.221 e. The van der Waals surface area contributed by atoms with Crippen LogP contribution in [-0.2, 0) is 14.6 Å². The average molecular weight is 297 g/mol. The molecule has 0 aliphatic rings. The number of sulfone groups is 1. The summed E-state index contributed by atoms with van der Waals surface area (Å²) in [5.41, 5.74) is 1.01. The van der Waals surface area contributed by atoms with Crippen LogP contribution in [0.15, 0.2) is 29.2 Å². The molecule has 1 amide bonds. The van der Waals surface area contributed by atoms with Gasteiger partial charge in [0.1, 0.15) is 0 Å². The van der Waals surface area contributed by atoms with Crippen LogP contribution in [0.4, 0.5) is 0 Å². The van der Waals surface area contributed by atoms with Crippen molar-refractivity contribution >= 4 is 15.7 Å². The molecule has 0 unspecified atom stereocenters. The van der Waals surface area contributed by atoms with Crippen LogP contribution in [0, 0.1) is 12.8 Å². The number of carbonyl (C=O) groups is 1. The number of carbonyl (C=O) groups excluding carboxylic acids is 1. The molecule has 1 N–H and O–H groups in total. The molecule has 5 heteroatoms. The molecular formula is C15H23NO3S. The first-order valence-electron chi connectivity index (χ1n) is 6.87. The maximum absolute atomic E-state index is 12.0. The zero-order valence-corrected chi connectivity index (χ0v) is 13.2. The molecule has 1 aromatic carbocycles. The van der Waals surface area contributed by atoms with Gasteiger partial charge in [-0.3, -0.25) is 4.79 Å². The summed E-state index contributed by atoms with van der Waals surface area (Å²) < 4.78 is 24.1. The SMILES string of the molecule is Cc1ccc(S(=O)(=O)CCC(=O)NCCC(C)C)cc1. The first-order chi connectivity index (χ1) is 9.31. The Morgan fingerprint density at radius 3 is 2.35 bits per heavy atom. The minimum atomic E-state index is -3.37. The van der Waals surface area contributed by atoms with E-state index in [0.717, 1.165) is 12.0 Å². The van der Waals surface area contributed by atoms with E-state index in [-0.39, 0.29) is 23.0 Å². The summed E-state index contributed by atoms with van der Waals surface area (Å²) in [7, 11) is -3.37. The Kier molecular flexibility index (Phi) is 6.20. The minimum Gasteiger partial charge on any atom is -0.356 e. The molecule has 4 nitrogen and oxygen atoms in total. The Bertz CT molecular complexity index is 533. The van der Waals surface area contributed by atoms with Gasteiger partial charge in [-0.15, -0.1) is 0 Å². The van der Waals surface area contributed by atoms with Crippen LogP contribution in [0.5, 0.6) is 0 Å². The molecule has 0 saturated carbocycles. The molecule has 1 aromatic rings. The number of nitrogens with one attached hydrogen (secondary N) is 1. The lowest BCUT2D eigenvalue weighted by Crippen LogP contribution is -2.27. The molecule has 112 valence electrons. The minimum absolute atomic E-state index is 0.00824. The monoisotopic (exact) mass is 297 g/mol. The van der Waals surface area contributed by atoms with Crippen molar-refractivity contribution in [3.8, 4) is 0 Å². The standard InChI is InChI=1S/C15H23NO3S/c1-12(2)8-10-16-15(17)9-11-20(18,19)14-6-4-13(3)5-7-14/h4-7,12H,8-11H2,1-3H3,(H,16,17). The summed E-state index contributed by atoms with van der Waals surface area (Å²) in [6.07, 6.45) is 0.907. The second-order valence-corrected chi connectivity index (χ2v) is 7.52. The van der Waals surface area contributed by atoms with Crippen molar-refractivity contribution in [1.82, 2.24) is 5.32 Å². The summed E-state index contributed by atoms with van der Waals surface area (Å²) in [6, 6.07) is 6.69. The number of aryl methyl sites for hydroxylation is 1. The van der Waals surface area contributed by atoms with E-state index >= 15 is 0 Å². The van der Waals surface area contributed by atoms with Crippen molar-refractivity contribution < 1.29 is 13.2 Å². The molecule has 0 aromatic heterocycles. The maximum atomic E-state index is 12.0. The Labute approximate surface area is 121 Å². The zero-order valence-electron chi connectivity index (χ0n) is 12.3. The number of rotatable bonds is 7. The molecule has 0 atom stereocenters. The molecular weight excluding hydrogens is 274 g/mol. The van der Waals surface area contributed by atoms with Crippen molar-refractivity contribution in [2.45, 2.75) is 38.5 Å². The van der Waals surface area contributed by atoms with Crippen molar-refractivity contribution in [3.63, 3.8) is 0 Å². The van der Waals surface area contributed by atoms with E-state index in [4.69, 9.17) is 0 Å². The van der Waals surface area contributed by atoms with Crippen LogP contribution in [0.3, 0.4) is 0 Å². The Morgan fingerprint density at radius 1 is 1.20 bits per heavy atom. The van der Waals surface area contributed by atoms with Gasteiger partial charge in [0.25, 0.3) is 0 Å². The van der Waals surface area contributed by atoms with Gasteiger partial charge in [0.2, 0.25) is 5.91 Å². The Balaban J connectivity index is 2.47. The van der Waals surface area contributed by atoms with Crippen molar-refractivity contribution in [2.75, 3.05) is 12.3 Å². The second-order valence-electron chi connectivity index (χ2n) is 5.41. The van der Waals surface area contributed by atoms with E-state index in [1.807, 2.05) is 6.92 Å². The highest BCUT2D eigenvalue weighted by atomic mass is 32.2. The molecule has 0 radical (unpaired) electrons. The predicted molar refractivity (Wildman–Crippen MR) is 80.3 cm³/mol. The molecule has 0 fully saturated rings. The van der Waals surface area contributed by atoms with Gasteiger partial charge in [-0.05, 0) is 31.4 Å². The molecule has 20 heavy (non-hydrogen) atoms. The summed E-state index contributed by atoms with van der Waals surface area (Å²) in [5, 5.41) is 2.74. The lowest BCUT2D eigenvalue weighted by atomic mass is 10.1. The second kappa shape index (κ2) is 7.43. The topological polar surface area (TPSA) is 63.2 Å². The van der Waals surface area contributed by atoms with Crippen LogP contribution in [0.25, 0.3) is 0 Å². The van der Waals surface area contributed by atoms with E-state index in [2.05, 4.69) is 19.2 Å². The van der Waals surface area contributed by atoms with Gasteiger partial charge in [0, 0.05) is 13.0 Å². The molecule has 0 aliphatic heterocycles. The lowest BCUT2D eigenvalue weighted by Gasteiger charge is -2.08. The Morgan fingerprint density at radius 2 is 1.80 bits per heavy atom. The molecule has 0 bridgehead atoms. The smallest absolute Gasteiger partial charge is 0.221 e. The molecule has 0 saturated heterocycles. The van der Waals surface area contributed by atoms with E-state index < -0.39 is 9.84 Å². The molecule has 1 rings (SSSR count). The van der Waals surface area contributed by atoms with Gasteiger partial charge in [0.15, 0.2) is 9.84 Å². The number of hydrogen-bond donors (Lipinski definition) is 1. The van der Waals surface area contributed by atoms with Crippen molar-refractivity contribution in [2.24, 2.45) is 5.92 Å². The summed E-state index contributed by atoms with van der Waals surface area (Å²) in [4.78, 5) is 11.9. The first kappa shape index (κ1) is 16.7. The largest absolute Gasteiger partial charge is 0.356 e. The third kappa shape index (κ3) is 5.74. The molecule has 0 heterocycles. The van der Waals surface area contributed by atoms with E-state index in [0.29, 0.717) is 12.5 Å². The van der Waals surface area contributed by atoms with Crippen LogP contribution in [0.2, 0.25) is 0 Å². The van der Waals surface area contributed by atoms with Gasteiger partial charge < -0.3 is 5.32 Å². The van der Waals surface area contributed by atoms with Crippen LogP contribution >= 0.6 is 0 Å². The number of amides is 1. The van der Waals surface area contributed by atoms with Gasteiger partial charge in [-0.25, -0.2) is 8.42 Å². The third-order valence-electron chi connectivity index (χ3n) is 3.02. The van der Waals surface area contributed by atoms with Crippen molar-refractivity contribution in [3.05, 3.63) is 29.8 Å². The van der Waals surface area contributed by atoms with Crippen LogP contribution in [-0.4, -0.2) is 26.6 Å². The lowest BCUT2D eigenvalue weighted by molar-refractivity contribution is -0.120. The van der Waals surface area contributed by atoms with Crippen molar-refractivity contribution in [1.29, 1.82) is 0 Å². The summed E-state index contributed by atoms with van der Waals surface area (Å²) >= 11 is 0. The van der Waals surface area contributed by atoms with E-state index in [1.165, 1.54) is 0 Å². The predicted octanol–water partition coefficient (Wildman–Crippen LogP) is 2.32. The van der Waals surface area contributed by atoms with Gasteiger partial charge in [-0.2, -0.15) is 0 Å². The fraction of sp³-hybridized carbons (Fsp3) is 0.533. The summed E-state index contributed by atoms with van der Waals surface area (Å²) in [6.45, 7) is 6.65. The normalized spacial score (nSPS) is 11.6. The fourth-order valence-electron chi connectivity index (χ4n) is 1.68. The number of benzene rings is 1. The summed E-state index contributed by atoms with van der Waals surface area (Å²) in [5.74, 6) is 0.164. The van der Waals surface area contributed by atoms with Gasteiger partial charge in [-0.1, -0.05) is 31.5 Å². The fourth-order valence-corrected chi connectivity index (χ4v) is 2.92. The van der Waals surface area contributed by atoms with Gasteiger partial charge in [0.05, 0.1) is 10.6 Å².